The lowest BCUT2D eigenvalue weighted by molar-refractivity contribution is -0.143. The highest BCUT2D eigenvalue weighted by Crippen LogP contribution is 2.23. The molecule has 10 heteroatoms. The molecule has 0 bridgehead atoms. The molecule has 142 valence electrons. The van der Waals surface area contributed by atoms with Gasteiger partial charge in [-0.3, -0.25) is 0 Å². The molecule has 1 aromatic rings. The van der Waals surface area contributed by atoms with Gasteiger partial charge in [0.2, 0.25) is 0 Å². The maximum atomic E-state index is 10.9. The molecule has 0 unspecified atom stereocenters. The van der Waals surface area contributed by atoms with Gasteiger partial charge in [0.15, 0.2) is 5.66 Å². The van der Waals surface area contributed by atoms with Crippen LogP contribution in [0, 0.1) is 0 Å². The number of rotatable bonds is 9. The molecule has 0 saturated carbocycles. The fourth-order valence-corrected chi connectivity index (χ4v) is 1.37. The van der Waals surface area contributed by atoms with Crippen molar-refractivity contribution < 1.29 is 29.3 Å². The van der Waals surface area contributed by atoms with Gasteiger partial charge in [-0.05, 0) is 18.6 Å². The van der Waals surface area contributed by atoms with E-state index in [1.807, 2.05) is 0 Å². The molecule has 10 N–H and O–H groups in total. The maximum absolute atomic E-state index is 10.9. The van der Waals surface area contributed by atoms with Gasteiger partial charge in [0.25, 0.3) is 0 Å². The van der Waals surface area contributed by atoms with Crippen LogP contribution in [-0.4, -0.2) is 54.1 Å². The van der Waals surface area contributed by atoms with E-state index in [9.17, 15) is 9.59 Å². The fourth-order valence-electron chi connectivity index (χ4n) is 1.37. The van der Waals surface area contributed by atoms with E-state index in [1.165, 1.54) is 12.1 Å². The number of ether oxygens (including phenoxy) is 2. The van der Waals surface area contributed by atoms with Crippen LogP contribution in [0.15, 0.2) is 18.2 Å². The first-order valence-corrected chi connectivity index (χ1v) is 7.53. The Labute approximate surface area is 145 Å². The second kappa shape index (κ2) is 11.2. The first kappa shape index (κ1) is 22.6. The Bertz CT molecular complexity index is 539. The summed E-state index contributed by atoms with van der Waals surface area (Å²) in [6.07, 6.45) is 0.238. The molecule has 0 heterocycles. The Morgan fingerprint density at radius 3 is 1.68 bits per heavy atom. The Hall–Kier alpha value is -2.40. The van der Waals surface area contributed by atoms with Crippen LogP contribution >= 0.6 is 0 Å². The number of hydrogen-bond donors (Lipinski definition) is 6. The Morgan fingerprint density at radius 2 is 1.44 bits per heavy atom. The molecule has 0 aliphatic heterocycles. The number of aromatic carboxylic acids is 1. The predicted octanol–water partition coefficient (Wildman–Crippen LogP) is -0.845. The summed E-state index contributed by atoms with van der Waals surface area (Å²) in [5, 5.41) is 17.1. The highest BCUT2D eigenvalue weighted by atomic mass is 16.5. The number of carbonyl (C=O) groups is 2. The molecule has 0 aromatic heterocycles. The third kappa shape index (κ3) is 8.86. The molecule has 0 aliphatic rings. The monoisotopic (exact) mass is 358 g/mol. The summed E-state index contributed by atoms with van der Waals surface area (Å²) in [5.41, 5.74) is 19.2. The molecule has 1 rings (SSSR count). The summed E-state index contributed by atoms with van der Waals surface area (Å²) in [5.74, 6) is -1.37. The number of nitrogens with two attached hydrogens (primary N) is 4. The van der Waals surface area contributed by atoms with E-state index in [0.29, 0.717) is 37.8 Å². The van der Waals surface area contributed by atoms with Crippen molar-refractivity contribution in [2.24, 2.45) is 22.9 Å². The lowest BCUT2D eigenvalue weighted by Crippen LogP contribution is -2.55. The molecule has 0 spiro atoms. The van der Waals surface area contributed by atoms with Crippen LogP contribution in [0.5, 0.6) is 11.5 Å². The van der Waals surface area contributed by atoms with Crippen LogP contribution in [0.25, 0.3) is 0 Å². The maximum Gasteiger partial charge on any atom is 0.338 e. The van der Waals surface area contributed by atoms with Crippen molar-refractivity contribution in [2.45, 2.75) is 19.0 Å². The van der Waals surface area contributed by atoms with E-state index in [-0.39, 0.29) is 12.0 Å². The van der Waals surface area contributed by atoms with E-state index in [2.05, 4.69) is 0 Å². The van der Waals surface area contributed by atoms with Gasteiger partial charge in [0.1, 0.15) is 24.7 Å². The quantitative estimate of drug-likeness (QED) is 0.302. The fraction of sp³-hybridized carbons (Fsp3) is 0.467. The number of hydrogen-bond acceptors (Lipinski definition) is 8. The van der Waals surface area contributed by atoms with Crippen LogP contribution in [0.4, 0.5) is 0 Å². The van der Waals surface area contributed by atoms with Crippen LogP contribution in [0.3, 0.4) is 0 Å². The SMILES string of the molecule is CCC(N)(N)C(=O)O.NCCOc1cc(OCCN)cc(C(=O)O)c1. The van der Waals surface area contributed by atoms with Crippen molar-refractivity contribution >= 4 is 11.9 Å². The van der Waals surface area contributed by atoms with Gasteiger partial charge >= 0.3 is 11.9 Å². The van der Waals surface area contributed by atoms with Crippen molar-refractivity contribution in [3.05, 3.63) is 23.8 Å². The van der Waals surface area contributed by atoms with Crippen LogP contribution in [-0.2, 0) is 4.79 Å². The van der Waals surface area contributed by atoms with Crippen molar-refractivity contribution in [3.63, 3.8) is 0 Å². The van der Waals surface area contributed by atoms with Crippen LogP contribution < -0.4 is 32.4 Å². The van der Waals surface area contributed by atoms with Gasteiger partial charge in [-0.15, -0.1) is 0 Å². The highest BCUT2D eigenvalue weighted by Gasteiger charge is 2.25. The van der Waals surface area contributed by atoms with Crippen molar-refractivity contribution in [2.75, 3.05) is 26.3 Å². The van der Waals surface area contributed by atoms with Crippen molar-refractivity contribution in [3.8, 4) is 11.5 Å². The standard InChI is InChI=1S/C11H16N2O4.C4H10N2O2/c12-1-3-16-9-5-8(11(14)15)6-10(7-9)17-4-2-13;1-2-4(5,6)3(7)8/h5-7H,1-4,12-13H2,(H,14,15);2,5-6H2,1H3,(H,7,8). The molecule has 25 heavy (non-hydrogen) atoms. The lowest BCUT2D eigenvalue weighted by atomic mass is 10.1. The van der Waals surface area contributed by atoms with Crippen LogP contribution in [0.1, 0.15) is 23.7 Å². The topological polar surface area (TPSA) is 197 Å². The normalized spacial score (nSPS) is 10.4. The summed E-state index contributed by atoms with van der Waals surface area (Å²) >= 11 is 0. The third-order valence-corrected chi connectivity index (χ3v) is 2.88. The Morgan fingerprint density at radius 1 is 1.00 bits per heavy atom. The summed E-state index contributed by atoms with van der Waals surface area (Å²) in [7, 11) is 0. The third-order valence-electron chi connectivity index (χ3n) is 2.88. The van der Waals surface area contributed by atoms with E-state index in [0.717, 1.165) is 0 Å². The van der Waals surface area contributed by atoms with Crippen molar-refractivity contribution in [1.29, 1.82) is 0 Å². The summed E-state index contributed by atoms with van der Waals surface area (Å²) in [4.78, 5) is 20.9. The van der Waals surface area contributed by atoms with E-state index in [1.54, 1.807) is 13.0 Å². The lowest BCUT2D eigenvalue weighted by Gasteiger charge is -2.14. The zero-order chi connectivity index (χ0) is 19.5. The molecule has 0 fully saturated rings. The zero-order valence-corrected chi connectivity index (χ0v) is 14.1. The molecule has 10 nitrogen and oxygen atoms in total. The summed E-state index contributed by atoms with van der Waals surface area (Å²) < 4.78 is 10.5. The van der Waals surface area contributed by atoms with E-state index >= 15 is 0 Å². The Balaban J connectivity index is 0.000000609. The molecule has 0 aliphatic carbocycles. The largest absolute Gasteiger partial charge is 0.492 e. The minimum Gasteiger partial charge on any atom is -0.492 e. The molecule has 0 amide bonds. The van der Waals surface area contributed by atoms with Gasteiger partial charge in [0.05, 0.1) is 5.56 Å². The molecule has 0 radical (unpaired) electrons. The number of aliphatic carboxylic acids is 1. The van der Waals surface area contributed by atoms with Crippen molar-refractivity contribution in [1.82, 2.24) is 0 Å². The minimum absolute atomic E-state index is 0.103. The second-order valence-corrected chi connectivity index (χ2v) is 4.97. The number of carboxylic acid groups (broad SMARTS) is 2. The number of benzene rings is 1. The molecule has 0 saturated heterocycles. The average molecular weight is 358 g/mol. The van der Waals surface area contributed by atoms with Gasteiger partial charge in [-0.2, -0.15) is 0 Å². The molecule has 1 aromatic carbocycles. The summed E-state index contributed by atoms with van der Waals surface area (Å²) in [6, 6.07) is 4.46. The summed E-state index contributed by atoms with van der Waals surface area (Å²) in [6.45, 7) is 2.97. The van der Waals surface area contributed by atoms with E-state index in [4.69, 9.17) is 42.6 Å². The molecular formula is C15H26N4O6. The molecular weight excluding hydrogens is 332 g/mol. The van der Waals surface area contributed by atoms with Gasteiger partial charge in [0, 0.05) is 19.2 Å². The smallest absolute Gasteiger partial charge is 0.338 e. The second-order valence-electron chi connectivity index (χ2n) is 4.97. The van der Waals surface area contributed by atoms with Gasteiger partial charge in [-0.1, -0.05) is 6.92 Å². The minimum atomic E-state index is -1.54. The highest BCUT2D eigenvalue weighted by molar-refractivity contribution is 5.88. The van der Waals surface area contributed by atoms with Gasteiger partial charge in [-0.25, -0.2) is 9.59 Å². The predicted molar refractivity (Wildman–Crippen MR) is 91.5 cm³/mol. The average Bonchev–Trinajstić information content (AvgIpc) is 2.58. The van der Waals surface area contributed by atoms with Gasteiger partial charge < -0.3 is 42.6 Å². The molecule has 0 atom stereocenters. The van der Waals surface area contributed by atoms with Crippen LogP contribution in [0.2, 0.25) is 0 Å². The Kier molecular flexibility index (Phi) is 10.1. The van der Waals surface area contributed by atoms with E-state index < -0.39 is 17.6 Å². The first-order valence-electron chi connectivity index (χ1n) is 7.53. The zero-order valence-electron chi connectivity index (χ0n) is 14.1. The number of carboxylic acids is 2. The first-order chi connectivity index (χ1) is 11.7.